The summed E-state index contributed by atoms with van der Waals surface area (Å²) in [5, 5.41) is 4.60. The van der Waals surface area contributed by atoms with Crippen LogP contribution in [0.15, 0.2) is 85.1 Å². The van der Waals surface area contributed by atoms with Gasteiger partial charge in [-0.3, -0.25) is 20.4 Å². The van der Waals surface area contributed by atoms with Gasteiger partial charge in [0.05, 0.1) is 18.4 Å². The molecule has 1 unspecified atom stereocenters. The molecule has 0 aliphatic rings. The fourth-order valence-corrected chi connectivity index (χ4v) is 3.27. The molecule has 4 rings (SSSR count). The molecule has 4 aromatic rings. The summed E-state index contributed by atoms with van der Waals surface area (Å²) in [6.07, 6.45) is 0.656. The van der Waals surface area contributed by atoms with Gasteiger partial charge in [0.15, 0.2) is 6.10 Å². The van der Waals surface area contributed by atoms with Crippen molar-refractivity contribution >= 4 is 11.8 Å². The van der Waals surface area contributed by atoms with E-state index in [0.717, 1.165) is 5.69 Å². The van der Waals surface area contributed by atoms with Crippen LogP contribution in [0.2, 0.25) is 0 Å². The largest absolute Gasteiger partial charge is 0.497 e. The molecule has 0 radical (unpaired) electrons. The molecule has 0 saturated carbocycles. The molecule has 0 bridgehead atoms. The summed E-state index contributed by atoms with van der Waals surface area (Å²) in [7, 11) is 1.57. The molecule has 8 nitrogen and oxygen atoms in total. The molecule has 9 heteroatoms. The average Bonchev–Trinajstić information content (AvgIpc) is 3.34. The first-order chi connectivity index (χ1) is 16.9. The number of carbonyl (C=O) groups excluding carboxylic acids is 2. The maximum absolute atomic E-state index is 13.1. The van der Waals surface area contributed by atoms with Gasteiger partial charge in [-0.1, -0.05) is 18.2 Å². The van der Waals surface area contributed by atoms with E-state index in [4.69, 9.17) is 9.47 Å². The maximum Gasteiger partial charge on any atom is 0.279 e. The number of hydrazine groups is 1. The van der Waals surface area contributed by atoms with Crippen molar-refractivity contribution < 1.29 is 23.5 Å². The molecular formula is C26H23FN4O4. The van der Waals surface area contributed by atoms with E-state index in [2.05, 4.69) is 16.0 Å². The van der Waals surface area contributed by atoms with Crippen molar-refractivity contribution in [3.05, 3.63) is 96.4 Å². The lowest BCUT2D eigenvalue weighted by Crippen LogP contribution is -2.47. The van der Waals surface area contributed by atoms with Gasteiger partial charge in [0.25, 0.3) is 11.8 Å². The van der Waals surface area contributed by atoms with Crippen LogP contribution < -0.4 is 20.3 Å². The summed E-state index contributed by atoms with van der Waals surface area (Å²) in [5.74, 6) is -0.550. The molecule has 0 aliphatic heterocycles. The van der Waals surface area contributed by atoms with E-state index in [1.165, 1.54) is 31.2 Å². The summed E-state index contributed by atoms with van der Waals surface area (Å²) in [6.45, 7) is 1.51. The van der Waals surface area contributed by atoms with Gasteiger partial charge in [0.1, 0.15) is 23.0 Å². The van der Waals surface area contributed by atoms with Crippen molar-refractivity contribution in [1.29, 1.82) is 0 Å². The van der Waals surface area contributed by atoms with Gasteiger partial charge < -0.3 is 9.47 Å². The van der Waals surface area contributed by atoms with E-state index in [0.29, 0.717) is 22.8 Å². The zero-order valence-electron chi connectivity index (χ0n) is 19.1. The molecule has 1 aromatic heterocycles. The second kappa shape index (κ2) is 10.5. The van der Waals surface area contributed by atoms with E-state index < -0.39 is 23.7 Å². The number of para-hydroxylation sites is 1. The molecule has 1 heterocycles. The Labute approximate surface area is 201 Å². The zero-order chi connectivity index (χ0) is 24.8. The Hall–Kier alpha value is -4.66. The second-order valence-corrected chi connectivity index (χ2v) is 7.56. The van der Waals surface area contributed by atoms with Gasteiger partial charge in [-0.25, -0.2) is 9.07 Å². The van der Waals surface area contributed by atoms with E-state index in [1.807, 2.05) is 30.3 Å². The Morgan fingerprint density at radius 3 is 2.23 bits per heavy atom. The Morgan fingerprint density at radius 2 is 1.57 bits per heavy atom. The summed E-state index contributed by atoms with van der Waals surface area (Å²) in [5.41, 5.74) is 6.93. The molecule has 1 atom stereocenters. The number of methoxy groups -OCH3 is 1. The highest BCUT2D eigenvalue weighted by atomic mass is 19.1. The fourth-order valence-electron chi connectivity index (χ4n) is 3.27. The molecule has 0 saturated heterocycles. The third-order valence-corrected chi connectivity index (χ3v) is 5.14. The first kappa shape index (κ1) is 23.5. The van der Waals surface area contributed by atoms with Crippen molar-refractivity contribution in [2.75, 3.05) is 7.11 Å². The lowest BCUT2D eigenvalue weighted by Gasteiger charge is -2.15. The molecule has 178 valence electrons. The summed E-state index contributed by atoms with van der Waals surface area (Å²) >= 11 is 0. The molecule has 3 aromatic carbocycles. The van der Waals surface area contributed by atoms with Crippen molar-refractivity contribution in [2.45, 2.75) is 13.0 Å². The Morgan fingerprint density at radius 1 is 0.914 bits per heavy atom. The van der Waals surface area contributed by atoms with E-state index in [-0.39, 0.29) is 5.56 Å². The number of rotatable bonds is 7. The quantitative estimate of drug-likeness (QED) is 0.396. The molecule has 0 fully saturated rings. The number of amides is 2. The number of hydrogen-bond acceptors (Lipinski definition) is 5. The molecule has 2 N–H and O–H groups in total. The minimum atomic E-state index is -0.936. The van der Waals surface area contributed by atoms with Crippen LogP contribution in [0.25, 0.3) is 16.9 Å². The topological polar surface area (TPSA) is 94.5 Å². The summed E-state index contributed by atoms with van der Waals surface area (Å²) < 4.78 is 25.4. The van der Waals surface area contributed by atoms with Crippen LogP contribution in [-0.2, 0) is 4.79 Å². The minimum absolute atomic E-state index is 0.256. The molecule has 0 spiro atoms. The normalized spacial score (nSPS) is 11.4. The van der Waals surface area contributed by atoms with E-state index >= 15 is 0 Å². The Balaban J connectivity index is 1.51. The number of halogens is 1. The highest BCUT2D eigenvalue weighted by molar-refractivity contribution is 6.00. The predicted octanol–water partition coefficient (Wildman–Crippen LogP) is 3.92. The van der Waals surface area contributed by atoms with E-state index in [1.54, 1.807) is 42.3 Å². The number of carbonyl (C=O) groups is 2. The SMILES string of the molecule is COc1ccc(-c2nn(-c3ccccc3)cc2C(=O)NNC(=O)C(C)Oc2ccc(F)cc2)cc1. The highest BCUT2D eigenvalue weighted by Gasteiger charge is 2.21. The number of aromatic nitrogens is 2. The van der Waals surface area contributed by atoms with Gasteiger partial charge in [0.2, 0.25) is 0 Å². The number of nitrogens with one attached hydrogen (secondary N) is 2. The van der Waals surface area contributed by atoms with Crippen molar-refractivity contribution in [1.82, 2.24) is 20.6 Å². The van der Waals surface area contributed by atoms with Crippen LogP contribution in [0.5, 0.6) is 11.5 Å². The Bertz CT molecular complexity index is 1310. The van der Waals surface area contributed by atoms with Gasteiger partial charge >= 0.3 is 0 Å². The number of ether oxygens (including phenoxy) is 2. The standard InChI is InChI=1S/C26H23FN4O4/c1-17(35-22-14-10-19(27)11-15-22)25(32)28-29-26(33)23-16-31(20-6-4-3-5-7-20)30-24(23)18-8-12-21(34-2)13-9-18/h3-17H,1-2H3,(H,28,32)(H,29,33). The number of nitrogens with zero attached hydrogens (tertiary/aromatic N) is 2. The zero-order valence-corrected chi connectivity index (χ0v) is 19.1. The lowest BCUT2D eigenvalue weighted by atomic mass is 10.1. The first-order valence-electron chi connectivity index (χ1n) is 10.8. The predicted molar refractivity (Wildman–Crippen MR) is 128 cm³/mol. The van der Waals surface area contributed by atoms with Gasteiger partial charge in [-0.15, -0.1) is 0 Å². The highest BCUT2D eigenvalue weighted by Crippen LogP contribution is 2.26. The maximum atomic E-state index is 13.1. The van der Waals surface area contributed by atoms with Gasteiger partial charge in [-0.05, 0) is 67.6 Å². The van der Waals surface area contributed by atoms with E-state index in [9.17, 15) is 14.0 Å². The van der Waals surface area contributed by atoms with Crippen LogP contribution in [0.4, 0.5) is 4.39 Å². The smallest absolute Gasteiger partial charge is 0.279 e. The lowest BCUT2D eigenvalue weighted by molar-refractivity contribution is -0.128. The van der Waals surface area contributed by atoms with Crippen LogP contribution >= 0.6 is 0 Å². The average molecular weight is 474 g/mol. The number of benzene rings is 3. The van der Waals surface area contributed by atoms with Gasteiger partial charge in [0, 0.05) is 11.8 Å². The summed E-state index contributed by atoms with van der Waals surface area (Å²) in [6, 6.07) is 21.8. The third-order valence-electron chi connectivity index (χ3n) is 5.14. The van der Waals surface area contributed by atoms with Crippen molar-refractivity contribution in [2.24, 2.45) is 0 Å². The van der Waals surface area contributed by atoms with Gasteiger partial charge in [-0.2, -0.15) is 5.10 Å². The van der Waals surface area contributed by atoms with Crippen LogP contribution in [0, 0.1) is 5.82 Å². The van der Waals surface area contributed by atoms with Crippen molar-refractivity contribution in [3.8, 4) is 28.4 Å². The molecule has 35 heavy (non-hydrogen) atoms. The molecule has 0 aliphatic carbocycles. The third kappa shape index (κ3) is 5.64. The first-order valence-corrected chi connectivity index (χ1v) is 10.8. The van der Waals surface area contributed by atoms with Crippen molar-refractivity contribution in [3.63, 3.8) is 0 Å². The van der Waals surface area contributed by atoms with Crippen LogP contribution in [0.1, 0.15) is 17.3 Å². The fraction of sp³-hybridized carbons (Fsp3) is 0.115. The summed E-state index contributed by atoms with van der Waals surface area (Å²) in [4.78, 5) is 25.5. The minimum Gasteiger partial charge on any atom is -0.497 e. The molecular weight excluding hydrogens is 451 g/mol. The van der Waals surface area contributed by atoms with Crippen LogP contribution in [-0.4, -0.2) is 34.8 Å². The second-order valence-electron chi connectivity index (χ2n) is 7.56. The number of hydrogen-bond donors (Lipinski definition) is 2. The van der Waals surface area contributed by atoms with Crippen LogP contribution in [0.3, 0.4) is 0 Å². The molecule has 2 amide bonds. The Kier molecular flexibility index (Phi) is 7.06. The monoisotopic (exact) mass is 474 g/mol.